The molecule has 2 aromatic carbocycles. The van der Waals surface area contributed by atoms with Crippen LogP contribution in [0.5, 0.6) is 0 Å². The van der Waals surface area contributed by atoms with Crippen molar-refractivity contribution in [1.82, 2.24) is 10.8 Å². The average molecular weight is 479 g/mol. The Bertz CT molecular complexity index is 1010. The Balaban J connectivity index is 1.42. The van der Waals surface area contributed by atoms with E-state index >= 15 is 0 Å². The summed E-state index contributed by atoms with van der Waals surface area (Å²) in [6, 6.07) is 16.4. The number of fused-ring (bicyclic) bond motifs is 1. The van der Waals surface area contributed by atoms with E-state index in [1.807, 2.05) is 36.6 Å². The molecular weight excluding hydrogens is 440 g/mol. The van der Waals surface area contributed by atoms with Gasteiger partial charge in [0, 0.05) is 31.4 Å². The molecule has 0 bridgehead atoms. The van der Waals surface area contributed by atoms with Crippen LogP contribution in [-0.2, 0) is 22.6 Å². The molecule has 0 radical (unpaired) electrons. The van der Waals surface area contributed by atoms with Crippen LogP contribution in [0.25, 0.3) is 0 Å². The van der Waals surface area contributed by atoms with Crippen molar-refractivity contribution in [3.05, 3.63) is 59.7 Å². The number of amides is 2. The lowest BCUT2D eigenvalue weighted by atomic mass is 9.79. The fourth-order valence-corrected chi connectivity index (χ4v) is 5.49. The molecule has 0 saturated heterocycles. The summed E-state index contributed by atoms with van der Waals surface area (Å²) in [6.45, 7) is 1.29. The molecule has 0 aromatic heterocycles. The number of rotatable bonds is 8. The minimum absolute atomic E-state index is 0.109. The molecule has 0 spiro atoms. The highest BCUT2D eigenvalue weighted by Crippen LogP contribution is 2.32. The summed E-state index contributed by atoms with van der Waals surface area (Å²) in [5.41, 5.74) is 6.27. The van der Waals surface area contributed by atoms with Crippen molar-refractivity contribution in [2.45, 2.75) is 57.5 Å². The van der Waals surface area contributed by atoms with Crippen LogP contribution in [0.1, 0.15) is 49.7 Å². The third kappa shape index (κ3) is 6.21. The van der Waals surface area contributed by atoms with Crippen LogP contribution in [0.2, 0.25) is 0 Å². The number of benzene rings is 2. The van der Waals surface area contributed by atoms with Gasteiger partial charge in [-0.1, -0.05) is 43.2 Å². The lowest BCUT2D eigenvalue weighted by molar-refractivity contribution is -0.134. The maximum absolute atomic E-state index is 13.7. The zero-order chi connectivity index (χ0) is 24.8. The van der Waals surface area contributed by atoms with Gasteiger partial charge in [0.25, 0.3) is 0 Å². The molecule has 1 saturated carbocycles. The largest absolute Gasteiger partial charge is 0.378 e. The number of carbonyl (C=O) groups excluding carboxylic acids is 2. The molecule has 7 heteroatoms. The number of nitrogens with one attached hydrogen (secondary N) is 2. The van der Waals surface area contributed by atoms with E-state index in [4.69, 9.17) is 5.21 Å². The predicted molar refractivity (Wildman–Crippen MR) is 139 cm³/mol. The van der Waals surface area contributed by atoms with Gasteiger partial charge in [-0.05, 0) is 73.9 Å². The SMILES string of the molecule is CN(C)c1ccc(CN2C(=O)C(NCC[C@H]3CCC[C@H](C(=O)NO)C3)CCc3ccccc32)cc1. The number of carbonyl (C=O) groups is 2. The Kier molecular flexibility index (Phi) is 8.42. The van der Waals surface area contributed by atoms with Crippen molar-refractivity contribution in [2.75, 3.05) is 30.4 Å². The maximum atomic E-state index is 13.7. The maximum Gasteiger partial charge on any atom is 0.246 e. The molecule has 188 valence electrons. The molecule has 4 rings (SSSR count). The number of hydrogen-bond donors (Lipinski definition) is 3. The predicted octanol–water partition coefficient (Wildman–Crippen LogP) is 3.89. The topological polar surface area (TPSA) is 84.9 Å². The van der Waals surface area contributed by atoms with Gasteiger partial charge in [0.05, 0.1) is 12.6 Å². The number of hydrogen-bond acceptors (Lipinski definition) is 5. The molecule has 1 aliphatic heterocycles. The lowest BCUT2D eigenvalue weighted by Gasteiger charge is -2.29. The molecule has 2 aliphatic rings. The van der Waals surface area contributed by atoms with Gasteiger partial charge in [0.2, 0.25) is 11.8 Å². The third-order valence-electron chi connectivity index (χ3n) is 7.55. The van der Waals surface area contributed by atoms with Crippen LogP contribution < -0.4 is 20.6 Å². The van der Waals surface area contributed by atoms with E-state index in [1.165, 1.54) is 5.56 Å². The van der Waals surface area contributed by atoms with Crippen molar-refractivity contribution in [2.24, 2.45) is 11.8 Å². The highest BCUT2D eigenvalue weighted by atomic mass is 16.5. The fourth-order valence-electron chi connectivity index (χ4n) is 5.49. The van der Waals surface area contributed by atoms with Crippen molar-refractivity contribution < 1.29 is 14.8 Å². The number of nitrogens with zero attached hydrogens (tertiary/aromatic N) is 2. The highest BCUT2D eigenvalue weighted by molar-refractivity contribution is 5.98. The second-order valence-corrected chi connectivity index (χ2v) is 10.2. The van der Waals surface area contributed by atoms with E-state index in [0.29, 0.717) is 12.5 Å². The van der Waals surface area contributed by atoms with E-state index in [0.717, 1.165) is 68.4 Å². The average Bonchev–Trinajstić information content (AvgIpc) is 3.01. The zero-order valence-electron chi connectivity index (χ0n) is 20.9. The van der Waals surface area contributed by atoms with Gasteiger partial charge in [-0.2, -0.15) is 0 Å². The van der Waals surface area contributed by atoms with E-state index in [9.17, 15) is 9.59 Å². The van der Waals surface area contributed by atoms with E-state index in [-0.39, 0.29) is 23.8 Å². The second-order valence-electron chi connectivity index (χ2n) is 10.2. The first kappa shape index (κ1) is 25.2. The molecule has 1 fully saturated rings. The Morgan fingerprint density at radius 2 is 1.86 bits per heavy atom. The molecule has 2 aromatic rings. The van der Waals surface area contributed by atoms with Gasteiger partial charge < -0.3 is 15.1 Å². The standard InChI is InChI=1S/C28H38N4O3/c1-31(2)24-13-10-21(11-14-24)19-32-26-9-4-3-7-22(26)12-15-25(28(32)34)29-17-16-20-6-5-8-23(18-20)27(33)30-35/h3-4,7,9-11,13-14,20,23,25,29,35H,5-6,8,12,15-19H2,1-2H3,(H,30,33)/t20-,23+,25?/m1/s1. The second kappa shape index (κ2) is 11.7. The van der Waals surface area contributed by atoms with Gasteiger partial charge in [-0.25, -0.2) is 5.48 Å². The molecular formula is C28H38N4O3. The summed E-state index contributed by atoms with van der Waals surface area (Å²) >= 11 is 0. The minimum atomic E-state index is -0.270. The summed E-state index contributed by atoms with van der Waals surface area (Å²) in [5, 5.41) is 12.5. The first-order valence-corrected chi connectivity index (χ1v) is 12.8. The molecule has 1 unspecified atom stereocenters. The molecule has 35 heavy (non-hydrogen) atoms. The quantitative estimate of drug-likeness (QED) is 0.396. The Morgan fingerprint density at radius 3 is 2.60 bits per heavy atom. The molecule has 3 N–H and O–H groups in total. The van der Waals surface area contributed by atoms with Crippen LogP contribution >= 0.6 is 0 Å². The third-order valence-corrected chi connectivity index (χ3v) is 7.55. The van der Waals surface area contributed by atoms with Crippen molar-refractivity contribution in [3.63, 3.8) is 0 Å². The van der Waals surface area contributed by atoms with Gasteiger partial charge in [0.15, 0.2) is 0 Å². The molecule has 1 heterocycles. The van der Waals surface area contributed by atoms with Crippen LogP contribution in [0.15, 0.2) is 48.5 Å². The van der Waals surface area contributed by atoms with Crippen LogP contribution in [0, 0.1) is 11.8 Å². The molecule has 7 nitrogen and oxygen atoms in total. The van der Waals surface area contributed by atoms with Crippen molar-refractivity contribution in [1.29, 1.82) is 0 Å². The molecule has 2 amide bonds. The molecule has 3 atom stereocenters. The first-order valence-electron chi connectivity index (χ1n) is 12.8. The van der Waals surface area contributed by atoms with Crippen molar-refractivity contribution >= 4 is 23.2 Å². The van der Waals surface area contributed by atoms with Gasteiger partial charge in [-0.15, -0.1) is 0 Å². The summed E-state index contributed by atoms with van der Waals surface area (Å²) in [6.07, 6.45) is 6.28. The normalized spacial score (nSPS) is 22.3. The molecule has 1 aliphatic carbocycles. The van der Waals surface area contributed by atoms with Crippen LogP contribution in [-0.4, -0.2) is 43.7 Å². The fraction of sp³-hybridized carbons (Fsp3) is 0.500. The summed E-state index contributed by atoms with van der Waals surface area (Å²) < 4.78 is 0. The van der Waals surface area contributed by atoms with Crippen molar-refractivity contribution in [3.8, 4) is 0 Å². The summed E-state index contributed by atoms with van der Waals surface area (Å²) in [7, 11) is 4.05. The summed E-state index contributed by atoms with van der Waals surface area (Å²) in [4.78, 5) is 29.6. The van der Waals surface area contributed by atoms with Gasteiger partial charge in [0.1, 0.15) is 0 Å². The smallest absolute Gasteiger partial charge is 0.246 e. The first-order chi connectivity index (χ1) is 17.0. The zero-order valence-corrected chi connectivity index (χ0v) is 20.9. The summed E-state index contributed by atoms with van der Waals surface area (Å²) in [5.74, 6) is 0.173. The van der Waals surface area contributed by atoms with E-state index < -0.39 is 0 Å². The number of anilines is 2. The van der Waals surface area contributed by atoms with Crippen LogP contribution in [0.3, 0.4) is 0 Å². The highest BCUT2D eigenvalue weighted by Gasteiger charge is 2.31. The number of para-hydroxylation sites is 1. The van der Waals surface area contributed by atoms with E-state index in [1.54, 1.807) is 0 Å². The lowest BCUT2D eigenvalue weighted by Crippen LogP contribution is -2.46. The number of hydroxylamine groups is 1. The van der Waals surface area contributed by atoms with E-state index in [2.05, 4.69) is 46.6 Å². The van der Waals surface area contributed by atoms with Gasteiger partial charge in [-0.3, -0.25) is 14.8 Å². The Morgan fingerprint density at radius 1 is 1.09 bits per heavy atom. The van der Waals surface area contributed by atoms with Gasteiger partial charge >= 0.3 is 0 Å². The Labute approximate surface area is 208 Å². The Hall–Kier alpha value is -2.90. The van der Waals surface area contributed by atoms with Crippen LogP contribution in [0.4, 0.5) is 11.4 Å². The minimum Gasteiger partial charge on any atom is -0.378 e. The monoisotopic (exact) mass is 478 g/mol. The number of aryl methyl sites for hydroxylation is 1.